The van der Waals surface area contributed by atoms with Crippen molar-refractivity contribution in [2.75, 3.05) is 5.32 Å². The number of hydrogen-bond acceptors (Lipinski definition) is 5. The molecule has 1 aromatic rings. The van der Waals surface area contributed by atoms with E-state index in [1.54, 1.807) is 18.4 Å². The van der Waals surface area contributed by atoms with Crippen LogP contribution in [0, 0.1) is 11.8 Å². The van der Waals surface area contributed by atoms with E-state index >= 15 is 0 Å². The van der Waals surface area contributed by atoms with Gasteiger partial charge in [-0.3, -0.25) is 19.4 Å². The molecule has 1 unspecified atom stereocenters. The molecule has 1 aliphatic carbocycles. The van der Waals surface area contributed by atoms with Crippen LogP contribution in [0.5, 0.6) is 0 Å². The zero-order chi connectivity index (χ0) is 17.1. The molecular weight excluding hydrogens is 308 g/mol. The number of aliphatic imine (C=N–C) groups is 1. The van der Waals surface area contributed by atoms with Crippen LogP contribution in [0.25, 0.3) is 0 Å². The van der Waals surface area contributed by atoms with E-state index in [0.717, 1.165) is 12.8 Å². The molecule has 2 N–H and O–H groups in total. The van der Waals surface area contributed by atoms with E-state index in [1.807, 2.05) is 0 Å². The minimum atomic E-state index is -0.461. The van der Waals surface area contributed by atoms with Gasteiger partial charge >= 0.3 is 0 Å². The van der Waals surface area contributed by atoms with Gasteiger partial charge in [-0.15, -0.1) is 0 Å². The Labute approximate surface area is 139 Å². The van der Waals surface area contributed by atoms with Crippen molar-refractivity contribution in [1.82, 2.24) is 10.3 Å². The van der Waals surface area contributed by atoms with Crippen molar-refractivity contribution in [1.29, 1.82) is 0 Å². The van der Waals surface area contributed by atoms with Crippen LogP contribution < -0.4 is 10.6 Å². The van der Waals surface area contributed by atoms with E-state index in [2.05, 4.69) is 20.6 Å². The fourth-order valence-electron chi connectivity index (χ4n) is 2.42. The third kappa shape index (κ3) is 3.73. The number of nitrogens with zero attached hydrogens (tertiary/aromatic N) is 2. The lowest BCUT2D eigenvalue weighted by molar-refractivity contribution is -0.122. The van der Waals surface area contributed by atoms with Gasteiger partial charge in [0.25, 0.3) is 0 Å². The smallest absolute Gasteiger partial charge is 0.231 e. The predicted molar refractivity (Wildman–Crippen MR) is 88.4 cm³/mol. The average molecular weight is 326 g/mol. The van der Waals surface area contributed by atoms with E-state index in [1.165, 1.54) is 19.3 Å². The summed E-state index contributed by atoms with van der Waals surface area (Å²) in [6, 6.07) is 1.57. The van der Waals surface area contributed by atoms with Gasteiger partial charge in [-0.2, -0.15) is 0 Å². The Morgan fingerprint density at radius 1 is 1.17 bits per heavy atom. The SMILES string of the molecule is CC(=O)c1ccncc1NC(=O)C1C=C(NC(=O)C2CC2)N=CC1. The first-order chi connectivity index (χ1) is 11.5. The highest BCUT2D eigenvalue weighted by atomic mass is 16.2. The highest BCUT2D eigenvalue weighted by Crippen LogP contribution is 2.29. The highest BCUT2D eigenvalue weighted by Gasteiger charge is 2.30. The number of pyridine rings is 1. The molecule has 1 saturated carbocycles. The lowest BCUT2D eigenvalue weighted by Gasteiger charge is -2.17. The highest BCUT2D eigenvalue weighted by molar-refractivity contribution is 6.04. The number of aromatic nitrogens is 1. The number of amides is 2. The van der Waals surface area contributed by atoms with Crippen LogP contribution in [0.4, 0.5) is 5.69 Å². The normalized spacial score (nSPS) is 19.4. The number of rotatable bonds is 5. The molecule has 0 aromatic carbocycles. The summed E-state index contributed by atoms with van der Waals surface area (Å²) in [6.07, 6.45) is 8.45. The third-order valence-electron chi connectivity index (χ3n) is 3.94. The maximum Gasteiger partial charge on any atom is 0.231 e. The first-order valence-electron chi connectivity index (χ1n) is 7.85. The molecule has 0 spiro atoms. The van der Waals surface area contributed by atoms with Crippen molar-refractivity contribution in [3.05, 3.63) is 35.9 Å². The molecule has 0 bridgehead atoms. The first kappa shape index (κ1) is 16.0. The van der Waals surface area contributed by atoms with Crippen LogP contribution >= 0.6 is 0 Å². The van der Waals surface area contributed by atoms with Crippen molar-refractivity contribution in [2.45, 2.75) is 26.2 Å². The summed E-state index contributed by atoms with van der Waals surface area (Å²) in [5.41, 5.74) is 0.795. The Hall–Kier alpha value is -2.83. The summed E-state index contributed by atoms with van der Waals surface area (Å²) < 4.78 is 0. The number of nitrogens with one attached hydrogen (secondary N) is 2. The topological polar surface area (TPSA) is 101 Å². The van der Waals surface area contributed by atoms with Gasteiger partial charge in [-0.1, -0.05) is 0 Å². The van der Waals surface area contributed by atoms with Gasteiger partial charge < -0.3 is 10.6 Å². The molecule has 3 rings (SSSR count). The fraction of sp³-hybridized carbons (Fsp3) is 0.353. The number of ketones is 1. The molecule has 7 heteroatoms. The van der Waals surface area contributed by atoms with Crippen LogP contribution in [0.1, 0.15) is 36.5 Å². The number of Topliss-reactive ketones (excluding diaryl/α,β-unsaturated/α-hetero) is 1. The average Bonchev–Trinajstić information content (AvgIpc) is 3.40. The van der Waals surface area contributed by atoms with E-state index in [4.69, 9.17) is 0 Å². The van der Waals surface area contributed by atoms with Crippen LogP contribution in [-0.4, -0.2) is 28.8 Å². The van der Waals surface area contributed by atoms with Crippen molar-refractivity contribution >= 4 is 29.5 Å². The lowest BCUT2D eigenvalue weighted by Crippen LogP contribution is -2.29. The second-order valence-electron chi connectivity index (χ2n) is 5.94. The molecule has 1 aliphatic heterocycles. The Morgan fingerprint density at radius 2 is 1.96 bits per heavy atom. The molecule has 1 aromatic heterocycles. The Balaban J connectivity index is 1.68. The molecule has 1 atom stereocenters. The van der Waals surface area contributed by atoms with Crippen LogP contribution in [0.15, 0.2) is 35.3 Å². The van der Waals surface area contributed by atoms with Crippen LogP contribution in [-0.2, 0) is 9.59 Å². The van der Waals surface area contributed by atoms with E-state index < -0.39 is 5.92 Å². The van der Waals surface area contributed by atoms with Gasteiger partial charge in [0, 0.05) is 23.9 Å². The van der Waals surface area contributed by atoms with Crippen molar-refractivity contribution in [2.24, 2.45) is 16.8 Å². The first-order valence-corrected chi connectivity index (χ1v) is 7.85. The summed E-state index contributed by atoms with van der Waals surface area (Å²) in [7, 11) is 0. The van der Waals surface area contributed by atoms with Gasteiger partial charge in [0.05, 0.1) is 17.8 Å². The Kier molecular flexibility index (Phi) is 4.50. The number of carbonyl (C=O) groups excluding carboxylic acids is 3. The maximum atomic E-state index is 12.5. The standard InChI is InChI=1S/C17H18N4O3/c1-10(22)13-5-6-18-9-14(13)20-17(24)12-4-7-19-15(8-12)21-16(23)11-2-3-11/h5-9,11-12H,2-4H2,1H3,(H,20,24)(H,21,23). The minimum Gasteiger partial charge on any atom is -0.324 e. The van der Waals surface area contributed by atoms with Crippen molar-refractivity contribution in [3.8, 4) is 0 Å². The molecule has 2 heterocycles. The second kappa shape index (κ2) is 6.74. The molecule has 1 fully saturated rings. The van der Waals surface area contributed by atoms with Gasteiger partial charge in [-0.25, -0.2) is 4.99 Å². The van der Waals surface area contributed by atoms with E-state index in [0.29, 0.717) is 23.5 Å². The van der Waals surface area contributed by atoms with E-state index in [9.17, 15) is 14.4 Å². The zero-order valence-corrected chi connectivity index (χ0v) is 13.3. The van der Waals surface area contributed by atoms with Crippen molar-refractivity contribution < 1.29 is 14.4 Å². The molecule has 7 nitrogen and oxygen atoms in total. The van der Waals surface area contributed by atoms with Crippen molar-refractivity contribution in [3.63, 3.8) is 0 Å². The van der Waals surface area contributed by atoms with Crippen LogP contribution in [0.2, 0.25) is 0 Å². The van der Waals surface area contributed by atoms with Gasteiger partial charge in [0.2, 0.25) is 11.8 Å². The second-order valence-corrected chi connectivity index (χ2v) is 5.94. The number of hydrogen-bond donors (Lipinski definition) is 2. The minimum absolute atomic E-state index is 0.0504. The van der Waals surface area contributed by atoms with Crippen LogP contribution in [0.3, 0.4) is 0 Å². The molecule has 24 heavy (non-hydrogen) atoms. The van der Waals surface area contributed by atoms with Gasteiger partial charge in [-0.05, 0) is 38.3 Å². The third-order valence-corrected chi connectivity index (χ3v) is 3.94. The largest absolute Gasteiger partial charge is 0.324 e. The maximum absolute atomic E-state index is 12.5. The molecule has 0 radical (unpaired) electrons. The molecular formula is C17H18N4O3. The number of carbonyl (C=O) groups is 3. The summed E-state index contributed by atoms with van der Waals surface area (Å²) in [5, 5.41) is 5.47. The zero-order valence-electron chi connectivity index (χ0n) is 13.3. The Bertz CT molecular complexity index is 750. The van der Waals surface area contributed by atoms with Gasteiger partial charge in [0.1, 0.15) is 5.82 Å². The van der Waals surface area contributed by atoms with E-state index in [-0.39, 0.29) is 23.5 Å². The molecule has 0 saturated heterocycles. The quantitative estimate of drug-likeness (QED) is 0.804. The summed E-state index contributed by atoms with van der Waals surface area (Å²) in [5.74, 6) is -0.455. The molecule has 2 aliphatic rings. The summed E-state index contributed by atoms with van der Waals surface area (Å²) >= 11 is 0. The summed E-state index contributed by atoms with van der Waals surface area (Å²) in [4.78, 5) is 43.9. The fourth-order valence-corrected chi connectivity index (χ4v) is 2.42. The monoisotopic (exact) mass is 326 g/mol. The molecule has 124 valence electrons. The predicted octanol–water partition coefficient (Wildman–Crippen LogP) is 1.68. The lowest BCUT2D eigenvalue weighted by atomic mass is 10.0. The number of anilines is 1. The van der Waals surface area contributed by atoms with Gasteiger partial charge in [0.15, 0.2) is 5.78 Å². The Morgan fingerprint density at radius 3 is 2.67 bits per heavy atom. The molecule has 2 amide bonds. The summed E-state index contributed by atoms with van der Waals surface area (Å²) in [6.45, 7) is 1.43.